The number of aliphatic hydroxyl groups excluding tert-OH is 1. The second kappa shape index (κ2) is 3.38. The van der Waals surface area contributed by atoms with Gasteiger partial charge in [-0.3, -0.25) is 0 Å². The lowest BCUT2D eigenvalue weighted by Gasteiger charge is -2.49. The first-order valence-corrected chi connectivity index (χ1v) is 5.16. The number of aromatic nitrogens is 1. The number of nitrogen functional groups attached to an aromatic ring is 1. The van der Waals surface area contributed by atoms with Crippen molar-refractivity contribution in [1.29, 1.82) is 0 Å². The molecule has 2 rings (SSSR count). The molecule has 1 heterocycles. The third-order valence-electron chi connectivity index (χ3n) is 3.34. The molecule has 0 aromatic carbocycles. The van der Waals surface area contributed by atoms with E-state index in [2.05, 4.69) is 24.1 Å². The molecule has 0 saturated heterocycles. The maximum absolute atomic E-state index is 9.59. The number of rotatable bonds is 2. The van der Waals surface area contributed by atoms with Gasteiger partial charge < -0.3 is 16.2 Å². The van der Waals surface area contributed by atoms with Crippen LogP contribution in [0.2, 0.25) is 0 Å². The summed E-state index contributed by atoms with van der Waals surface area (Å²) >= 11 is 0. The number of nitrogens with two attached hydrogens (primary N) is 1. The van der Waals surface area contributed by atoms with E-state index in [4.69, 9.17) is 5.73 Å². The van der Waals surface area contributed by atoms with Crippen molar-refractivity contribution in [2.24, 2.45) is 5.41 Å². The number of aliphatic hydroxyl groups is 1. The Kier molecular flexibility index (Phi) is 2.31. The number of hydrogen-bond donors (Lipinski definition) is 3. The van der Waals surface area contributed by atoms with Gasteiger partial charge in [0.1, 0.15) is 5.82 Å². The highest BCUT2D eigenvalue weighted by Gasteiger charge is 2.47. The van der Waals surface area contributed by atoms with Gasteiger partial charge in [0, 0.05) is 11.5 Å². The van der Waals surface area contributed by atoms with Crippen molar-refractivity contribution in [2.45, 2.75) is 32.4 Å². The summed E-state index contributed by atoms with van der Waals surface area (Å²) in [5.41, 5.74) is 6.39. The Morgan fingerprint density at radius 1 is 1.53 bits per heavy atom. The molecule has 2 unspecified atom stereocenters. The highest BCUT2D eigenvalue weighted by Crippen LogP contribution is 2.42. The highest BCUT2D eigenvalue weighted by atomic mass is 16.3. The van der Waals surface area contributed by atoms with E-state index in [1.807, 2.05) is 6.07 Å². The number of nitrogens with one attached hydrogen (secondary N) is 1. The summed E-state index contributed by atoms with van der Waals surface area (Å²) in [5, 5.41) is 12.9. The average molecular weight is 207 g/mol. The molecule has 82 valence electrons. The van der Waals surface area contributed by atoms with Gasteiger partial charge in [-0.2, -0.15) is 0 Å². The number of nitrogens with zero attached hydrogens (tertiary/aromatic N) is 1. The molecular weight excluding hydrogens is 190 g/mol. The molecule has 0 bridgehead atoms. The zero-order valence-corrected chi connectivity index (χ0v) is 9.07. The maximum atomic E-state index is 9.59. The molecule has 1 fully saturated rings. The summed E-state index contributed by atoms with van der Waals surface area (Å²) < 4.78 is 0. The van der Waals surface area contributed by atoms with Gasteiger partial charge in [0.05, 0.1) is 18.0 Å². The van der Waals surface area contributed by atoms with Crippen LogP contribution in [0.15, 0.2) is 18.3 Å². The lowest BCUT2D eigenvalue weighted by Crippen LogP contribution is -2.56. The number of hydrogen-bond acceptors (Lipinski definition) is 4. The zero-order chi connectivity index (χ0) is 11.1. The van der Waals surface area contributed by atoms with Gasteiger partial charge in [0.2, 0.25) is 0 Å². The minimum absolute atomic E-state index is 0.0681. The first-order chi connectivity index (χ1) is 7.00. The summed E-state index contributed by atoms with van der Waals surface area (Å²) in [4.78, 5) is 4.01. The van der Waals surface area contributed by atoms with E-state index < -0.39 is 0 Å². The lowest BCUT2D eigenvalue weighted by atomic mass is 9.64. The molecule has 15 heavy (non-hydrogen) atoms. The maximum Gasteiger partial charge on any atom is 0.123 e. The SMILES string of the molecule is CC1(C)C(O)CC1Nc1ccc(N)nc1. The van der Waals surface area contributed by atoms with Crippen LogP contribution in [-0.2, 0) is 0 Å². The molecule has 4 N–H and O–H groups in total. The van der Waals surface area contributed by atoms with Crippen LogP contribution in [-0.4, -0.2) is 22.2 Å². The molecule has 0 radical (unpaired) electrons. The van der Waals surface area contributed by atoms with Crippen LogP contribution in [0.3, 0.4) is 0 Å². The second-order valence-corrected chi connectivity index (χ2v) is 4.74. The molecule has 1 aliphatic carbocycles. The minimum Gasteiger partial charge on any atom is -0.392 e. The van der Waals surface area contributed by atoms with Gasteiger partial charge in [-0.25, -0.2) is 4.98 Å². The Balaban J connectivity index is 2.02. The van der Waals surface area contributed by atoms with Crippen molar-refractivity contribution in [3.63, 3.8) is 0 Å². The van der Waals surface area contributed by atoms with Crippen LogP contribution < -0.4 is 11.1 Å². The molecule has 0 amide bonds. The predicted molar refractivity (Wildman–Crippen MR) is 60.5 cm³/mol. The van der Waals surface area contributed by atoms with Crippen molar-refractivity contribution >= 4 is 11.5 Å². The average Bonchev–Trinajstić information content (AvgIpc) is 2.21. The first-order valence-electron chi connectivity index (χ1n) is 5.16. The Hall–Kier alpha value is -1.29. The third-order valence-corrected chi connectivity index (χ3v) is 3.34. The largest absolute Gasteiger partial charge is 0.392 e. The van der Waals surface area contributed by atoms with E-state index in [-0.39, 0.29) is 11.5 Å². The minimum atomic E-state index is -0.211. The van der Waals surface area contributed by atoms with Gasteiger partial charge in [-0.15, -0.1) is 0 Å². The Morgan fingerprint density at radius 2 is 2.27 bits per heavy atom. The second-order valence-electron chi connectivity index (χ2n) is 4.74. The molecule has 1 aromatic rings. The van der Waals surface area contributed by atoms with Crippen LogP contribution >= 0.6 is 0 Å². The van der Waals surface area contributed by atoms with Crippen molar-refractivity contribution < 1.29 is 5.11 Å². The molecule has 1 aliphatic rings. The van der Waals surface area contributed by atoms with Crippen LogP contribution in [0.1, 0.15) is 20.3 Å². The summed E-state index contributed by atoms with van der Waals surface area (Å²) in [7, 11) is 0. The summed E-state index contributed by atoms with van der Waals surface area (Å²) in [6.07, 6.45) is 2.30. The van der Waals surface area contributed by atoms with Gasteiger partial charge in [-0.1, -0.05) is 13.8 Å². The smallest absolute Gasteiger partial charge is 0.123 e. The quantitative estimate of drug-likeness (QED) is 0.682. The van der Waals surface area contributed by atoms with E-state index in [0.717, 1.165) is 12.1 Å². The van der Waals surface area contributed by atoms with E-state index in [1.54, 1.807) is 12.3 Å². The highest BCUT2D eigenvalue weighted by molar-refractivity contribution is 5.47. The van der Waals surface area contributed by atoms with Crippen molar-refractivity contribution in [3.8, 4) is 0 Å². The molecule has 4 nitrogen and oxygen atoms in total. The Morgan fingerprint density at radius 3 is 2.73 bits per heavy atom. The topological polar surface area (TPSA) is 71.2 Å². The Labute approximate surface area is 89.5 Å². The van der Waals surface area contributed by atoms with Gasteiger partial charge in [0.15, 0.2) is 0 Å². The van der Waals surface area contributed by atoms with Crippen LogP contribution in [0.4, 0.5) is 11.5 Å². The van der Waals surface area contributed by atoms with Gasteiger partial charge in [-0.05, 0) is 18.6 Å². The Bertz CT molecular complexity index is 347. The monoisotopic (exact) mass is 207 g/mol. The van der Waals surface area contributed by atoms with E-state index in [9.17, 15) is 5.11 Å². The third kappa shape index (κ3) is 1.77. The van der Waals surface area contributed by atoms with Gasteiger partial charge in [0.25, 0.3) is 0 Å². The zero-order valence-electron chi connectivity index (χ0n) is 9.07. The lowest BCUT2D eigenvalue weighted by molar-refractivity contribution is -0.0510. The standard InChI is InChI=1S/C11H17N3O/c1-11(2)8(5-9(11)15)14-7-3-4-10(12)13-6-7/h3-4,6,8-9,14-15H,5H2,1-2H3,(H2,12,13). The van der Waals surface area contributed by atoms with E-state index in [1.165, 1.54) is 0 Å². The number of anilines is 2. The summed E-state index contributed by atoms with van der Waals surface area (Å²) in [6.45, 7) is 4.12. The summed E-state index contributed by atoms with van der Waals surface area (Å²) in [5.74, 6) is 0.522. The normalized spacial score (nSPS) is 28.2. The number of pyridine rings is 1. The van der Waals surface area contributed by atoms with E-state index in [0.29, 0.717) is 11.9 Å². The molecular formula is C11H17N3O. The van der Waals surface area contributed by atoms with Crippen molar-refractivity contribution in [3.05, 3.63) is 18.3 Å². The molecule has 0 aliphatic heterocycles. The van der Waals surface area contributed by atoms with Crippen molar-refractivity contribution in [1.82, 2.24) is 4.98 Å². The fourth-order valence-electron chi connectivity index (χ4n) is 1.84. The van der Waals surface area contributed by atoms with Crippen LogP contribution in [0.5, 0.6) is 0 Å². The van der Waals surface area contributed by atoms with Crippen molar-refractivity contribution in [2.75, 3.05) is 11.1 Å². The van der Waals surface area contributed by atoms with Crippen LogP contribution in [0, 0.1) is 5.41 Å². The molecule has 2 atom stereocenters. The molecule has 1 aromatic heterocycles. The predicted octanol–water partition coefficient (Wildman–Crippen LogP) is 1.24. The fourth-order valence-corrected chi connectivity index (χ4v) is 1.84. The van der Waals surface area contributed by atoms with Crippen LogP contribution in [0.25, 0.3) is 0 Å². The summed E-state index contributed by atoms with van der Waals surface area (Å²) in [6, 6.07) is 3.98. The molecule has 4 heteroatoms. The molecule has 0 spiro atoms. The fraction of sp³-hybridized carbons (Fsp3) is 0.545. The van der Waals surface area contributed by atoms with Gasteiger partial charge >= 0.3 is 0 Å². The molecule has 1 saturated carbocycles. The first kappa shape index (κ1) is 10.2. The van der Waals surface area contributed by atoms with E-state index >= 15 is 0 Å².